The quantitative estimate of drug-likeness (QED) is 0.859. The Labute approximate surface area is 151 Å². The van der Waals surface area contributed by atoms with Gasteiger partial charge in [-0.05, 0) is 65.3 Å². The number of rotatable bonds is 6. The highest BCUT2D eigenvalue weighted by molar-refractivity contribution is 5.94. The molecule has 1 aromatic rings. The number of aryl methyl sites for hydroxylation is 1. The zero-order chi connectivity index (χ0) is 18.6. The number of ether oxygens (including phenoxy) is 2. The molecule has 1 heterocycles. The molecule has 1 fully saturated rings. The Morgan fingerprint density at radius 3 is 2.52 bits per heavy atom. The summed E-state index contributed by atoms with van der Waals surface area (Å²) >= 11 is 0. The van der Waals surface area contributed by atoms with E-state index < -0.39 is 0 Å². The van der Waals surface area contributed by atoms with Gasteiger partial charge in [0.15, 0.2) is 0 Å². The summed E-state index contributed by atoms with van der Waals surface area (Å²) in [5, 5.41) is 3.08. The SMILES string of the molecule is CCOc1ccc(C(=O)NCC(C)(C)N2CC(C)OC(C)C2)cc1C. The van der Waals surface area contributed by atoms with Crippen LogP contribution in [0.3, 0.4) is 0 Å². The lowest BCUT2D eigenvalue weighted by Gasteiger charge is -2.45. The molecule has 0 bridgehead atoms. The summed E-state index contributed by atoms with van der Waals surface area (Å²) in [6.07, 6.45) is 0.431. The van der Waals surface area contributed by atoms with Crippen LogP contribution >= 0.6 is 0 Å². The Balaban J connectivity index is 1.97. The number of benzene rings is 1. The molecule has 2 atom stereocenters. The third kappa shape index (κ3) is 5.19. The van der Waals surface area contributed by atoms with Gasteiger partial charge < -0.3 is 14.8 Å². The van der Waals surface area contributed by atoms with E-state index in [1.54, 1.807) is 0 Å². The first-order chi connectivity index (χ1) is 11.7. The summed E-state index contributed by atoms with van der Waals surface area (Å²) in [6.45, 7) is 15.4. The predicted molar refractivity (Wildman–Crippen MR) is 100 cm³/mol. The van der Waals surface area contributed by atoms with E-state index in [4.69, 9.17) is 9.47 Å². The Kier molecular flexibility index (Phi) is 6.47. The average Bonchev–Trinajstić information content (AvgIpc) is 2.54. The van der Waals surface area contributed by atoms with Crippen molar-refractivity contribution in [3.63, 3.8) is 0 Å². The number of hydrogen-bond donors (Lipinski definition) is 1. The van der Waals surface area contributed by atoms with E-state index in [2.05, 4.69) is 37.9 Å². The minimum absolute atomic E-state index is 0.0476. The average molecular weight is 348 g/mol. The molecule has 0 saturated carbocycles. The molecule has 0 radical (unpaired) electrons. The highest BCUT2D eigenvalue weighted by Gasteiger charge is 2.33. The van der Waals surface area contributed by atoms with E-state index in [0.29, 0.717) is 18.7 Å². The molecule has 1 aromatic carbocycles. The second-order valence-corrected chi connectivity index (χ2v) is 7.57. The van der Waals surface area contributed by atoms with Gasteiger partial charge in [-0.2, -0.15) is 0 Å². The highest BCUT2D eigenvalue weighted by atomic mass is 16.5. The number of nitrogens with zero attached hydrogens (tertiary/aromatic N) is 1. The molecule has 0 aliphatic carbocycles. The molecule has 2 unspecified atom stereocenters. The molecule has 5 heteroatoms. The number of amides is 1. The van der Waals surface area contributed by atoms with Crippen molar-refractivity contribution in [1.29, 1.82) is 0 Å². The molecule has 2 rings (SSSR count). The Morgan fingerprint density at radius 1 is 1.32 bits per heavy atom. The summed E-state index contributed by atoms with van der Waals surface area (Å²) < 4.78 is 11.3. The predicted octanol–water partition coefficient (Wildman–Crippen LogP) is 3.01. The van der Waals surface area contributed by atoms with Gasteiger partial charge in [0.25, 0.3) is 5.91 Å². The molecule has 0 spiro atoms. The van der Waals surface area contributed by atoms with Crippen LogP contribution in [0.2, 0.25) is 0 Å². The van der Waals surface area contributed by atoms with E-state index in [9.17, 15) is 4.79 Å². The van der Waals surface area contributed by atoms with Crippen LogP contribution in [0.1, 0.15) is 50.5 Å². The van der Waals surface area contributed by atoms with Crippen molar-refractivity contribution in [2.75, 3.05) is 26.2 Å². The van der Waals surface area contributed by atoms with Gasteiger partial charge in [-0.3, -0.25) is 9.69 Å². The molecule has 1 aliphatic rings. The van der Waals surface area contributed by atoms with Crippen LogP contribution in [0.25, 0.3) is 0 Å². The summed E-state index contributed by atoms with van der Waals surface area (Å²) in [5.41, 5.74) is 1.52. The Bertz CT molecular complexity index is 591. The smallest absolute Gasteiger partial charge is 0.251 e. The third-order valence-corrected chi connectivity index (χ3v) is 4.69. The van der Waals surface area contributed by atoms with Crippen LogP contribution in [0.5, 0.6) is 5.75 Å². The van der Waals surface area contributed by atoms with E-state index in [0.717, 1.165) is 24.4 Å². The first-order valence-corrected chi connectivity index (χ1v) is 9.15. The molecule has 1 amide bonds. The molecular formula is C20H32N2O3. The second-order valence-electron chi connectivity index (χ2n) is 7.57. The lowest BCUT2D eigenvalue weighted by atomic mass is 9.99. The lowest BCUT2D eigenvalue weighted by molar-refractivity contribution is -0.0948. The summed E-state index contributed by atoms with van der Waals surface area (Å²) in [6, 6.07) is 5.57. The maximum Gasteiger partial charge on any atom is 0.251 e. The van der Waals surface area contributed by atoms with Crippen molar-refractivity contribution in [1.82, 2.24) is 10.2 Å². The fourth-order valence-corrected chi connectivity index (χ4v) is 3.29. The van der Waals surface area contributed by atoms with Gasteiger partial charge in [0.2, 0.25) is 0 Å². The monoisotopic (exact) mass is 348 g/mol. The van der Waals surface area contributed by atoms with Crippen molar-refractivity contribution >= 4 is 5.91 Å². The fraction of sp³-hybridized carbons (Fsp3) is 0.650. The molecule has 0 aromatic heterocycles. The van der Waals surface area contributed by atoms with E-state index in [1.807, 2.05) is 32.0 Å². The standard InChI is InChI=1S/C20H32N2O3/c1-7-24-18-9-8-17(10-14(18)2)19(23)21-13-20(5,6)22-11-15(3)25-16(4)12-22/h8-10,15-16H,7,11-13H2,1-6H3,(H,21,23). The summed E-state index contributed by atoms with van der Waals surface area (Å²) in [4.78, 5) is 14.9. The van der Waals surface area contributed by atoms with Crippen molar-refractivity contribution in [3.05, 3.63) is 29.3 Å². The van der Waals surface area contributed by atoms with Crippen molar-refractivity contribution in [2.45, 2.75) is 59.3 Å². The maximum absolute atomic E-state index is 12.5. The van der Waals surface area contributed by atoms with Gasteiger partial charge in [0, 0.05) is 30.7 Å². The Morgan fingerprint density at radius 2 is 1.96 bits per heavy atom. The first-order valence-electron chi connectivity index (χ1n) is 9.15. The van der Waals surface area contributed by atoms with Gasteiger partial charge in [0.1, 0.15) is 5.75 Å². The van der Waals surface area contributed by atoms with E-state index >= 15 is 0 Å². The van der Waals surface area contributed by atoms with Crippen molar-refractivity contribution in [2.24, 2.45) is 0 Å². The van der Waals surface area contributed by atoms with Crippen LogP contribution in [-0.2, 0) is 4.74 Å². The minimum Gasteiger partial charge on any atom is -0.494 e. The van der Waals surface area contributed by atoms with Crippen LogP contribution in [0.4, 0.5) is 0 Å². The third-order valence-electron chi connectivity index (χ3n) is 4.69. The molecule has 1 aliphatic heterocycles. The molecule has 5 nitrogen and oxygen atoms in total. The zero-order valence-corrected chi connectivity index (χ0v) is 16.4. The van der Waals surface area contributed by atoms with Crippen LogP contribution in [0.15, 0.2) is 18.2 Å². The zero-order valence-electron chi connectivity index (χ0n) is 16.4. The fourth-order valence-electron chi connectivity index (χ4n) is 3.29. The highest BCUT2D eigenvalue weighted by Crippen LogP contribution is 2.22. The van der Waals surface area contributed by atoms with Crippen LogP contribution in [-0.4, -0.2) is 54.8 Å². The van der Waals surface area contributed by atoms with Crippen LogP contribution < -0.4 is 10.1 Å². The van der Waals surface area contributed by atoms with E-state index in [-0.39, 0.29) is 23.7 Å². The van der Waals surface area contributed by atoms with Gasteiger partial charge in [-0.1, -0.05) is 0 Å². The number of carbonyl (C=O) groups is 1. The normalized spacial score (nSPS) is 21.8. The molecule has 25 heavy (non-hydrogen) atoms. The number of morpholine rings is 1. The Hall–Kier alpha value is -1.59. The lowest BCUT2D eigenvalue weighted by Crippen LogP contribution is -2.58. The number of nitrogens with one attached hydrogen (secondary N) is 1. The van der Waals surface area contributed by atoms with Crippen LogP contribution in [0, 0.1) is 6.92 Å². The molecule has 1 saturated heterocycles. The summed E-state index contributed by atoms with van der Waals surface area (Å²) in [5.74, 6) is 0.782. The first kappa shape index (κ1) is 19.7. The summed E-state index contributed by atoms with van der Waals surface area (Å²) in [7, 11) is 0. The molecule has 140 valence electrons. The maximum atomic E-state index is 12.5. The minimum atomic E-state index is -0.123. The number of carbonyl (C=O) groups excluding carboxylic acids is 1. The molecular weight excluding hydrogens is 316 g/mol. The number of hydrogen-bond acceptors (Lipinski definition) is 4. The van der Waals surface area contributed by atoms with Gasteiger partial charge in [-0.15, -0.1) is 0 Å². The van der Waals surface area contributed by atoms with Gasteiger partial charge in [-0.25, -0.2) is 0 Å². The second kappa shape index (κ2) is 8.19. The van der Waals surface area contributed by atoms with Gasteiger partial charge >= 0.3 is 0 Å². The van der Waals surface area contributed by atoms with Crippen molar-refractivity contribution in [3.8, 4) is 5.75 Å². The largest absolute Gasteiger partial charge is 0.494 e. The topological polar surface area (TPSA) is 50.8 Å². The molecule has 1 N–H and O–H groups in total. The van der Waals surface area contributed by atoms with E-state index in [1.165, 1.54) is 0 Å². The van der Waals surface area contributed by atoms with Gasteiger partial charge in [0.05, 0.1) is 18.8 Å². The van der Waals surface area contributed by atoms with Crippen molar-refractivity contribution < 1.29 is 14.3 Å².